The second-order valence-corrected chi connectivity index (χ2v) is 7.06. The van der Waals surface area contributed by atoms with Gasteiger partial charge in [-0.25, -0.2) is 0 Å². The zero-order valence-corrected chi connectivity index (χ0v) is 17.1. The van der Waals surface area contributed by atoms with E-state index in [0.29, 0.717) is 31.4 Å². The summed E-state index contributed by atoms with van der Waals surface area (Å²) in [7, 11) is 0. The Hall–Kier alpha value is -3.70. The highest BCUT2D eigenvalue weighted by atomic mass is 16.5. The van der Waals surface area contributed by atoms with Crippen molar-refractivity contribution >= 4 is 0 Å². The number of pyridine rings is 2. The van der Waals surface area contributed by atoms with Crippen LogP contribution in [0.15, 0.2) is 91.1 Å². The second kappa shape index (κ2) is 10.4. The van der Waals surface area contributed by atoms with Gasteiger partial charge in [-0.3, -0.25) is 4.98 Å². The van der Waals surface area contributed by atoms with Crippen LogP contribution in [-0.2, 0) is 19.6 Å². The summed E-state index contributed by atoms with van der Waals surface area (Å²) in [6, 6.07) is 27.6. The van der Waals surface area contributed by atoms with Crippen molar-refractivity contribution < 1.29 is 14.6 Å². The van der Waals surface area contributed by atoms with Gasteiger partial charge in [-0.1, -0.05) is 66.7 Å². The molecule has 0 unspecified atom stereocenters. The highest BCUT2D eigenvalue weighted by Crippen LogP contribution is 2.31. The van der Waals surface area contributed by atoms with E-state index in [1.807, 2.05) is 84.9 Å². The van der Waals surface area contributed by atoms with Crippen LogP contribution in [-0.4, -0.2) is 21.7 Å². The van der Waals surface area contributed by atoms with Gasteiger partial charge in [0.15, 0.2) is 0 Å². The first-order chi connectivity index (χ1) is 15.3. The predicted molar refractivity (Wildman–Crippen MR) is 120 cm³/mol. The SMILES string of the molecule is OCCc1ccc(-c2ccc(OCc3ccccc3)nc2OCc2ccccc2)cn1. The molecule has 0 aliphatic heterocycles. The number of benzene rings is 2. The highest BCUT2D eigenvalue weighted by Gasteiger charge is 2.12. The zero-order chi connectivity index (χ0) is 21.3. The summed E-state index contributed by atoms with van der Waals surface area (Å²) in [6.45, 7) is 0.911. The minimum atomic E-state index is 0.0762. The monoisotopic (exact) mass is 412 g/mol. The summed E-state index contributed by atoms with van der Waals surface area (Å²) >= 11 is 0. The van der Waals surface area contributed by atoms with E-state index in [1.54, 1.807) is 6.20 Å². The summed E-state index contributed by atoms with van der Waals surface area (Å²) in [5, 5.41) is 9.11. The van der Waals surface area contributed by atoms with Crippen molar-refractivity contribution in [2.24, 2.45) is 0 Å². The lowest BCUT2D eigenvalue weighted by Gasteiger charge is -2.13. The number of aliphatic hydroxyl groups excluding tert-OH is 1. The Balaban J connectivity index is 1.57. The number of ether oxygens (including phenoxy) is 2. The maximum absolute atomic E-state index is 9.11. The summed E-state index contributed by atoms with van der Waals surface area (Å²) in [4.78, 5) is 9.05. The largest absolute Gasteiger partial charge is 0.473 e. The average molecular weight is 412 g/mol. The molecule has 5 heteroatoms. The first kappa shape index (κ1) is 20.6. The molecular weight excluding hydrogens is 388 g/mol. The summed E-state index contributed by atoms with van der Waals surface area (Å²) in [5.41, 5.74) is 4.71. The third-order valence-electron chi connectivity index (χ3n) is 4.79. The van der Waals surface area contributed by atoms with Gasteiger partial charge in [-0.15, -0.1) is 0 Å². The van der Waals surface area contributed by atoms with E-state index in [-0.39, 0.29) is 6.61 Å². The number of hydrogen-bond acceptors (Lipinski definition) is 5. The fraction of sp³-hybridized carbons (Fsp3) is 0.154. The summed E-state index contributed by atoms with van der Waals surface area (Å²) in [6.07, 6.45) is 2.31. The quantitative estimate of drug-likeness (QED) is 0.426. The van der Waals surface area contributed by atoms with Crippen LogP contribution in [0.2, 0.25) is 0 Å². The minimum Gasteiger partial charge on any atom is -0.473 e. The van der Waals surface area contributed by atoms with Gasteiger partial charge in [-0.2, -0.15) is 4.98 Å². The van der Waals surface area contributed by atoms with Crippen LogP contribution in [0.3, 0.4) is 0 Å². The molecule has 0 saturated carbocycles. The van der Waals surface area contributed by atoms with Crippen molar-refractivity contribution in [1.29, 1.82) is 0 Å². The lowest BCUT2D eigenvalue weighted by Crippen LogP contribution is -2.02. The number of hydrogen-bond donors (Lipinski definition) is 1. The van der Waals surface area contributed by atoms with E-state index >= 15 is 0 Å². The van der Waals surface area contributed by atoms with Crippen molar-refractivity contribution in [3.8, 4) is 22.9 Å². The molecule has 0 bridgehead atoms. The Labute approximate surface area is 182 Å². The second-order valence-electron chi connectivity index (χ2n) is 7.06. The van der Waals surface area contributed by atoms with E-state index in [2.05, 4.69) is 9.97 Å². The lowest BCUT2D eigenvalue weighted by atomic mass is 10.1. The fourth-order valence-electron chi connectivity index (χ4n) is 3.14. The van der Waals surface area contributed by atoms with Crippen LogP contribution < -0.4 is 9.47 Å². The van der Waals surface area contributed by atoms with Crippen LogP contribution in [0.4, 0.5) is 0 Å². The fourth-order valence-corrected chi connectivity index (χ4v) is 3.14. The predicted octanol–water partition coefficient (Wildman–Crippen LogP) is 4.84. The first-order valence-corrected chi connectivity index (χ1v) is 10.2. The van der Waals surface area contributed by atoms with Crippen molar-refractivity contribution in [2.45, 2.75) is 19.6 Å². The van der Waals surface area contributed by atoms with Crippen molar-refractivity contribution in [3.63, 3.8) is 0 Å². The van der Waals surface area contributed by atoms with Crippen molar-refractivity contribution in [3.05, 3.63) is 108 Å². The Kier molecular flexibility index (Phi) is 6.88. The molecule has 2 aromatic heterocycles. The van der Waals surface area contributed by atoms with E-state index < -0.39 is 0 Å². The maximum Gasteiger partial charge on any atom is 0.225 e. The molecule has 0 amide bonds. The number of aromatic nitrogens is 2. The first-order valence-electron chi connectivity index (χ1n) is 10.2. The Morgan fingerprint density at radius 3 is 2.00 bits per heavy atom. The number of aliphatic hydroxyl groups is 1. The van der Waals surface area contributed by atoms with Crippen molar-refractivity contribution in [1.82, 2.24) is 9.97 Å². The normalized spacial score (nSPS) is 10.6. The highest BCUT2D eigenvalue weighted by molar-refractivity contribution is 5.68. The number of nitrogens with zero attached hydrogens (tertiary/aromatic N) is 2. The average Bonchev–Trinajstić information content (AvgIpc) is 2.84. The molecule has 0 aliphatic rings. The van der Waals surface area contributed by atoms with Gasteiger partial charge in [0.2, 0.25) is 11.8 Å². The molecule has 0 aliphatic carbocycles. The topological polar surface area (TPSA) is 64.5 Å². The molecule has 0 atom stereocenters. The molecule has 2 aromatic carbocycles. The standard InChI is InChI=1S/C26H24N2O3/c29-16-15-23-12-11-22(17-27-23)24-13-14-25(30-18-20-7-3-1-4-8-20)28-26(24)31-19-21-9-5-2-6-10-21/h1-14,17,29H,15-16,18-19H2. The van der Waals surface area contributed by atoms with Crippen LogP contribution in [0.25, 0.3) is 11.1 Å². The summed E-state index contributed by atoms with van der Waals surface area (Å²) < 4.78 is 12.0. The molecule has 0 spiro atoms. The molecule has 156 valence electrons. The van der Waals surface area contributed by atoms with E-state index in [4.69, 9.17) is 14.6 Å². The van der Waals surface area contributed by atoms with Crippen LogP contribution >= 0.6 is 0 Å². The Morgan fingerprint density at radius 1 is 0.710 bits per heavy atom. The van der Waals surface area contributed by atoms with Gasteiger partial charge < -0.3 is 14.6 Å². The van der Waals surface area contributed by atoms with Gasteiger partial charge in [0, 0.05) is 42.1 Å². The van der Waals surface area contributed by atoms with Crippen LogP contribution in [0, 0.1) is 0 Å². The molecule has 0 fully saturated rings. The van der Waals surface area contributed by atoms with Crippen LogP contribution in [0.5, 0.6) is 11.8 Å². The van der Waals surface area contributed by atoms with Gasteiger partial charge in [0.1, 0.15) is 13.2 Å². The van der Waals surface area contributed by atoms with Gasteiger partial charge >= 0.3 is 0 Å². The van der Waals surface area contributed by atoms with Gasteiger partial charge in [0.05, 0.1) is 0 Å². The van der Waals surface area contributed by atoms with E-state index in [1.165, 1.54) is 0 Å². The molecule has 2 heterocycles. The molecule has 4 aromatic rings. The molecular formula is C26H24N2O3. The van der Waals surface area contributed by atoms with Crippen molar-refractivity contribution in [2.75, 3.05) is 6.61 Å². The summed E-state index contributed by atoms with van der Waals surface area (Å²) in [5.74, 6) is 0.992. The third-order valence-corrected chi connectivity index (χ3v) is 4.79. The van der Waals surface area contributed by atoms with E-state index in [0.717, 1.165) is 27.9 Å². The van der Waals surface area contributed by atoms with Gasteiger partial charge in [-0.05, 0) is 23.3 Å². The van der Waals surface area contributed by atoms with Crippen LogP contribution in [0.1, 0.15) is 16.8 Å². The molecule has 1 N–H and O–H groups in total. The smallest absolute Gasteiger partial charge is 0.225 e. The third kappa shape index (κ3) is 5.68. The molecule has 5 nitrogen and oxygen atoms in total. The maximum atomic E-state index is 9.11. The molecule has 31 heavy (non-hydrogen) atoms. The zero-order valence-electron chi connectivity index (χ0n) is 17.1. The minimum absolute atomic E-state index is 0.0762. The van der Waals surface area contributed by atoms with E-state index in [9.17, 15) is 0 Å². The number of rotatable bonds is 9. The Morgan fingerprint density at radius 2 is 1.39 bits per heavy atom. The molecule has 0 radical (unpaired) electrons. The van der Waals surface area contributed by atoms with Gasteiger partial charge in [0.25, 0.3) is 0 Å². The Bertz CT molecular complexity index is 1080. The lowest BCUT2D eigenvalue weighted by molar-refractivity contribution is 0.268. The molecule has 0 saturated heterocycles. The molecule has 4 rings (SSSR count).